The van der Waals surface area contributed by atoms with E-state index >= 15 is 0 Å². The van der Waals surface area contributed by atoms with Crippen LogP contribution in [0.1, 0.15) is 23.9 Å². The lowest BCUT2D eigenvalue weighted by molar-refractivity contribution is 0.611. The van der Waals surface area contributed by atoms with Crippen LogP contribution in [0.25, 0.3) is 0 Å². The summed E-state index contributed by atoms with van der Waals surface area (Å²) >= 11 is 6.17. The zero-order valence-corrected chi connectivity index (χ0v) is 12.2. The molecule has 0 spiro atoms. The average molecular weight is 276 g/mol. The Hall–Kier alpha value is -1.61. The molecule has 1 aromatic carbocycles. The van der Waals surface area contributed by atoms with Gasteiger partial charge in [-0.3, -0.25) is 4.98 Å². The van der Waals surface area contributed by atoms with Crippen LogP contribution in [-0.2, 0) is 5.54 Å². The lowest BCUT2D eigenvalue weighted by atomic mass is 9.94. The second-order valence-corrected chi connectivity index (χ2v) is 5.17. The molecular formula is C15H18ClN3. The highest BCUT2D eigenvalue weighted by atomic mass is 35.5. The quantitative estimate of drug-likeness (QED) is 0.866. The zero-order valence-electron chi connectivity index (χ0n) is 11.4. The second kappa shape index (κ2) is 5.57. The van der Waals surface area contributed by atoms with Crippen molar-refractivity contribution in [1.29, 1.82) is 0 Å². The molecule has 1 heterocycles. The molecule has 1 atom stereocenters. The van der Waals surface area contributed by atoms with Gasteiger partial charge in [0.1, 0.15) is 5.82 Å². The Kier molecular flexibility index (Phi) is 4.05. The van der Waals surface area contributed by atoms with Crippen molar-refractivity contribution in [2.45, 2.75) is 26.3 Å². The van der Waals surface area contributed by atoms with Gasteiger partial charge in [0.15, 0.2) is 0 Å². The fourth-order valence-corrected chi connectivity index (χ4v) is 2.13. The smallest absolute Gasteiger partial charge is 0.148 e. The molecule has 1 N–H and O–H groups in total. The van der Waals surface area contributed by atoms with Crippen LogP contribution in [0.15, 0.2) is 36.5 Å². The number of nitrogens with one attached hydrogen (secondary N) is 1. The molecule has 0 amide bonds. The largest absolute Gasteiger partial charge is 0.358 e. The van der Waals surface area contributed by atoms with Crippen LogP contribution in [0.3, 0.4) is 0 Å². The number of aromatic nitrogens is 2. The highest BCUT2D eigenvalue weighted by Gasteiger charge is 2.26. The van der Waals surface area contributed by atoms with Gasteiger partial charge in [-0.25, -0.2) is 4.98 Å². The van der Waals surface area contributed by atoms with Gasteiger partial charge in [0, 0.05) is 12.1 Å². The Balaban J connectivity index is 2.36. The Morgan fingerprint density at radius 2 is 1.89 bits per heavy atom. The van der Waals surface area contributed by atoms with E-state index in [0.717, 1.165) is 22.8 Å². The molecule has 0 fully saturated rings. The summed E-state index contributed by atoms with van der Waals surface area (Å²) in [5, 5.41) is 3.42. The third-order valence-electron chi connectivity index (χ3n) is 3.15. The van der Waals surface area contributed by atoms with Gasteiger partial charge >= 0.3 is 0 Å². The van der Waals surface area contributed by atoms with Gasteiger partial charge in [-0.15, -0.1) is 11.6 Å². The second-order valence-electron chi connectivity index (χ2n) is 4.90. The minimum atomic E-state index is -0.365. The van der Waals surface area contributed by atoms with Crippen LogP contribution in [0.4, 0.5) is 5.82 Å². The number of benzene rings is 1. The van der Waals surface area contributed by atoms with Gasteiger partial charge in [-0.2, -0.15) is 0 Å². The highest BCUT2D eigenvalue weighted by molar-refractivity contribution is 6.18. The number of hydrogen-bond donors (Lipinski definition) is 1. The fourth-order valence-electron chi connectivity index (χ4n) is 1.91. The zero-order chi connectivity index (χ0) is 13.9. The normalized spacial score (nSPS) is 13.9. The molecule has 0 aliphatic carbocycles. The van der Waals surface area contributed by atoms with Crippen molar-refractivity contribution in [1.82, 2.24) is 9.97 Å². The molecule has 2 aromatic rings. The summed E-state index contributed by atoms with van der Waals surface area (Å²) in [7, 11) is 0. The summed E-state index contributed by atoms with van der Waals surface area (Å²) in [5.74, 6) is 1.23. The van der Waals surface area contributed by atoms with E-state index in [9.17, 15) is 0 Å². The predicted octanol–water partition coefficient (Wildman–Crippen LogP) is 3.66. The van der Waals surface area contributed by atoms with Gasteiger partial charge in [-0.1, -0.05) is 30.3 Å². The SMILES string of the molecule is Cc1cnc(C)c(NC(C)(CCl)c2ccccc2)n1. The van der Waals surface area contributed by atoms with Crippen molar-refractivity contribution in [3.05, 3.63) is 53.5 Å². The molecule has 1 unspecified atom stereocenters. The molecule has 100 valence electrons. The maximum atomic E-state index is 6.17. The Morgan fingerprint density at radius 1 is 1.21 bits per heavy atom. The van der Waals surface area contributed by atoms with E-state index in [-0.39, 0.29) is 5.54 Å². The highest BCUT2D eigenvalue weighted by Crippen LogP contribution is 2.27. The van der Waals surface area contributed by atoms with E-state index < -0.39 is 0 Å². The molecule has 2 rings (SSSR count). The summed E-state index contributed by atoms with van der Waals surface area (Å²) in [6, 6.07) is 10.1. The van der Waals surface area contributed by atoms with Crippen LogP contribution in [0.5, 0.6) is 0 Å². The number of anilines is 1. The predicted molar refractivity (Wildman–Crippen MR) is 79.6 cm³/mol. The number of rotatable bonds is 4. The number of alkyl halides is 1. The van der Waals surface area contributed by atoms with Gasteiger partial charge in [0.2, 0.25) is 0 Å². The minimum Gasteiger partial charge on any atom is -0.358 e. The first kappa shape index (κ1) is 13.8. The van der Waals surface area contributed by atoms with E-state index in [1.807, 2.05) is 32.0 Å². The first-order chi connectivity index (χ1) is 9.05. The molecule has 1 aromatic heterocycles. The number of halogens is 1. The van der Waals surface area contributed by atoms with Crippen LogP contribution >= 0.6 is 11.6 Å². The molecule has 0 radical (unpaired) electrons. The first-order valence-electron chi connectivity index (χ1n) is 6.25. The number of aryl methyl sites for hydroxylation is 2. The molecule has 3 nitrogen and oxygen atoms in total. The summed E-state index contributed by atoms with van der Waals surface area (Å²) in [5.41, 5.74) is 2.53. The first-order valence-corrected chi connectivity index (χ1v) is 6.78. The lowest BCUT2D eigenvalue weighted by Gasteiger charge is -2.30. The number of nitrogens with zero attached hydrogens (tertiary/aromatic N) is 2. The van der Waals surface area contributed by atoms with Crippen LogP contribution in [-0.4, -0.2) is 15.8 Å². The summed E-state index contributed by atoms with van der Waals surface area (Å²) in [4.78, 5) is 8.82. The Bertz CT molecular complexity index is 557. The van der Waals surface area contributed by atoms with Gasteiger partial charge in [0.25, 0.3) is 0 Å². The standard InChI is InChI=1S/C15H18ClN3/c1-11-9-17-12(2)14(18-11)19-15(3,10-16)13-7-5-4-6-8-13/h4-9H,10H2,1-3H3,(H,18,19). The topological polar surface area (TPSA) is 37.8 Å². The van der Waals surface area contributed by atoms with Crippen LogP contribution in [0, 0.1) is 13.8 Å². The van der Waals surface area contributed by atoms with E-state index in [0.29, 0.717) is 5.88 Å². The molecule has 0 aliphatic rings. The molecular weight excluding hydrogens is 258 g/mol. The van der Waals surface area contributed by atoms with Gasteiger partial charge < -0.3 is 5.32 Å². The van der Waals surface area contributed by atoms with Crippen molar-refractivity contribution in [3.8, 4) is 0 Å². The maximum absolute atomic E-state index is 6.17. The minimum absolute atomic E-state index is 0.365. The van der Waals surface area contributed by atoms with Crippen molar-refractivity contribution in [2.75, 3.05) is 11.2 Å². The summed E-state index contributed by atoms with van der Waals surface area (Å²) < 4.78 is 0. The van der Waals surface area contributed by atoms with Gasteiger partial charge in [0.05, 0.1) is 16.9 Å². The van der Waals surface area contributed by atoms with E-state index in [4.69, 9.17) is 11.6 Å². The van der Waals surface area contributed by atoms with Crippen molar-refractivity contribution in [3.63, 3.8) is 0 Å². The molecule has 0 saturated heterocycles. The Morgan fingerprint density at radius 3 is 2.53 bits per heavy atom. The average Bonchev–Trinajstić information content (AvgIpc) is 2.44. The van der Waals surface area contributed by atoms with Gasteiger partial charge in [-0.05, 0) is 26.3 Å². The molecule has 0 saturated carbocycles. The number of hydrogen-bond acceptors (Lipinski definition) is 3. The van der Waals surface area contributed by atoms with Crippen molar-refractivity contribution < 1.29 is 0 Å². The van der Waals surface area contributed by atoms with Crippen molar-refractivity contribution in [2.24, 2.45) is 0 Å². The monoisotopic (exact) mass is 275 g/mol. The third kappa shape index (κ3) is 3.04. The van der Waals surface area contributed by atoms with E-state index in [1.54, 1.807) is 6.20 Å². The van der Waals surface area contributed by atoms with Crippen LogP contribution in [0.2, 0.25) is 0 Å². The molecule has 19 heavy (non-hydrogen) atoms. The van der Waals surface area contributed by atoms with E-state index in [1.165, 1.54) is 0 Å². The van der Waals surface area contributed by atoms with E-state index in [2.05, 4.69) is 34.3 Å². The third-order valence-corrected chi connectivity index (χ3v) is 3.68. The Labute approximate surface area is 119 Å². The maximum Gasteiger partial charge on any atom is 0.148 e. The summed E-state index contributed by atoms with van der Waals surface area (Å²) in [6.07, 6.45) is 1.76. The molecule has 4 heteroatoms. The lowest BCUT2D eigenvalue weighted by Crippen LogP contribution is -2.34. The summed E-state index contributed by atoms with van der Waals surface area (Å²) in [6.45, 7) is 5.94. The van der Waals surface area contributed by atoms with Crippen LogP contribution < -0.4 is 5.32 Å². The molecule has 0 bridgehead atoms. The molecule has 0 aliphatic heterocycles. The fraction of sp³-hybridized carbons (Fsp3) is 0.333. The van der Waals surface area contributed by atoms with Crippen molar-refractivity contribution >= 4 is 17.4 Å².